The predicted octanol–water partition coefficient (Wildman–Crippen LogP) is 4.41. The largest absolute Gasteiger partial charge is 0.376 e. The molecule has 1 aromatic heterocycles. The maximum absolute atomic E-state index is 14.6. The van der Waals surface area contributed by atoms with Gasteiger partial charge in [-0.05, 0) is 56.2 Å². The van der Waals surface area contributed by atoms with Crippen LogP contribution in [0.3, 0.4) is 0 Å². The van der Waals surface area contributed by atoms with Crippen LogP contribution in [-0.2, 0) is 15.4 Å². The van der Waals surface area contributed by atoms with Crippen LogP contribution in [-0.4, -0.2) is 66.7 Å². The molecule has 2 aliphatic heterocycles. The van der Waals surface area contributed by atoms with Gasteiger partial charge >= 0.3 is 0 Å². The third-order valence-electron chi connectivity index (χ3n) is 7.45. The van der Waals surface area contributed by atoms with Crippen LogP contribution >= 0.6 is 0 Å². The Morgan fingerprint density at radius 2 is 1.85 bits per heavy atom. The van der Waals surface area contributed by atoms with Crippen molar-refractivity contribution in [1.82, 2.24) is 15.1 Å². The summed E-state index contributed by atoms with van der Waals surface area (Å²) < 4.78 is 40.6. The van der Waals surface area contributed by atoms with Crippen molar-refractivity contribution in [3.63, 3.8) is 0 Å². The van der Waals surface area contributed by atoms with Gasteiger partial charge in [-0.25, -0.2) is 8.78 Å². The van der Waals surface area contributed by atoms with Gasteiger partial charge in [0.1, 0.15) is 0 Å². The van der Waals surface area contributed by atoms with Crippen LogP contribution in [0.4, 0.5) is 14.6 Å². The summed E-state index contributed by atoms with van der Waals surface area (Å²) in [6.07, 6.45) is 2.07. The summed E-state index contributed by atoms with van der Waals surface area (Å²) in [5, 5.41) is 11.9. The fourth-order valence-corrected chi connectivity index (χ4v) is 5.76. The van der Waals surface area contributed by atoms with Gasteiger partial charge in [0.2, 0.25) is 0 Å². The second-order valence-corrected chi connectivity index (χ2v) is 10.3. The molecule has 0 spiro atoms. The zero-order valence-electron chi connectivity index (χ0n) is 20.2. The molecule has 5 rings (SSSR count). The predicted molar refractivity (Wildman–Crippen MR) is 127 cm³/mol. The number of ether oxygens (including phenoxy) is 2. The molecule has 6 nitrogen and oxygen atoms in total. The van der Waals surface area contributed by atoms with Crippen molar-refractivity contribution >= 4 is 5.82 Å². The fourth-order valence-electron chi connectivity index (χ4n) is 5.76. The number of nitrogens with one attached hydrogen (secondary N) is 1. The summed E-state index contributed by atoms with van der Waals surface area (Å²) in [6.45, 7) is 9.85. The number of rotatable bonds is 6. The molecule has 2 aromatic rings. The van der Waals surface area contributed by atoms with Gasteiger partial charge in [0.25, 0.3) is 5.92 Å². The average Bonchev–Trinajstić information content (AvgIpc) is 3.33. The summed E-state index contributed by atoms with van der Waals surface area (Å²) in [7, 11) is 0. The minimum Gasteiger partial charge on any atom is -0.376 e. The molecule has 1 saturated carbocycles. The Hall–Kier alpha value is -2.16. The number of aryl methyl sites for hydroxylation is 2. The van der Waals surface area contributed by atoms with Crippen LogP contribution in [0.5, 0.6) is 0 Å². The van der Waals surface area contributed by atoms with Crippen LogP contribution in [0.15, 0.2) is 24.3 Å². The van der Waals surface area contributed by atoms with E-state index in [0.717, 1.165) is 56.1 Å². The van der Waals surface area contributed by atoms with E-state index in [1.165, 1.54) is 6.07 Å². The van der Waals surface area contributed by atoms with Gasteiger partial charge in [-0.1, -0.05) is 17.7 Å². The van der Waals surface area contributed by atoms with Crippen LogP contribution < -0.4 is 5.32 Å². The number of nitrogens with zero attached hydrogens (tertiary/aromatic N) is 3. The second kappa shape index (κ2) is 9.47. The lowest BCUT2D eigenvalue weighted by atomic mass is 10.0. The Balaban J connectivity index is 1.26. The smallest absolute Gasteiger partial charge is 0.274 e. The fraction of sp³-hybridized carbons (Fsp3) is 0.615. The molecule has 184 valence electrons. The summed E-state index contributed by atoms with van der Waals surface area (Å²) in [5.41, 5.74) is 3.28. The molecule has 0 amide bonds. The molecule has 1 N–H and O–H groups in total. The Kier molecular flexibility index (Phi) is 6.57. The first-order valence-electron chi connectivity index (χ1n) is 12.3. The lowest BCUT2D eigenvalue weighted by Gasteiger charge is -2.28. The molecule has 4 atom stereocenters. The highest BCUT2D eigenvalue weighted by atomic mass is 19.3. The average molecular weight is 473 g/mol. The van der Waals surface area contributed by atoms with Crippen LogP contribution in [0.25, 0.3) is 11.3 Å². The molecule has 2 saturated heterocycles. The number of likely N-dealkylation sites (tertiary alicyclic amines) is 1. The van der Waals surface area contributed by atoms with E-state index in [-0.39, 0.29) is 23.5 Å². The van der Waals surface area contributed by atoms with Crippen molar-refractivity contribution in [2.24, 2.45) is 11.8 Å². The molecule has 0 bridgehead atoms. The number of alkyl halides is 2. The third kappa shape index (κ3) is 5.09. The zero-order valence-corrected chi connectivity index (χ0v) is 20.2. The topological polar surface area (TPSA) is 59.5 Å². The summed E-state index contributed by atoms with van der Waals surface area (Å²) in [5.74, 6) is -1.68. The second-order valence-electron chi connectivity index (χ2n) is 10.3. The first-order chi connectivity index (χ1) is 16.3. The van der Waals surface area contributed by atoms with Gasteiger partial charge < -0.3 is 19.7 Å². The number of fused-ring (bicyclic) bond motifs is 1. The SMILES string of the molecule is Cc1ccc(C)c(-c2cc(C(C)(F)F)c(NC3C[C@@H]4CN(C[C@H]5COCCO5)C[C@@H]4C3)nn2)c1. The van der Waals surface area contributed by atoms with Crippen LogP contribution in [0.1, 0.15) is 36.5 Å². The number of halogens is 2. The molecule has 34 heavy (non-hydrogen) atoms. The quantitative estimate of drug-likeness (QED) is 0.672. The Morgan fingerprint density at radius 3 is 2.53 bits per heavy atom. The van der Waals surface area contributed by atoms with E-state index in [4.69, 9.17) is 9.47 Å². The van der Waals surface area contributed by atoms with Gasteiger partial charge in [-0.2, -0.15) is 0 Å². The molecule has 0 radical (unpaired) electrons. The number of aromatic nitrogens is 2. The van der Waals surface area contributed by atoms with Gasteiger partial charge in [0.05, 0.1) is 37.2 Å². The molecule has 3 fully saturated rings. The maximum atomic E-state index is 14.6. The molecular weight excluding hydrogens is 438 g/mol. The molecule has 1 unspecified atom stereocenters. The number of anilines is 1. The van der Waals surface area contributed by atoms with Crippen molar-refractivity contribution in [3.05, 3.63) is 41.0 Å². The molecule has 3 aliphatic rings. The monoisotopic (exact) mass is 472 g/mol. The summed E-state index contributed by atoms with van der Waals surface area (Å²) in [6, 6.07) is 7.59. The van der Waals surface area contributed by atoms with E-state index in [2.05, 4.69) is 20.4 Å². The summed E-state index contributed by atoms with van der Waals surface area (Å²) in [4.78, 5) is 2.47. The van der Waals surface area contributed by atoms with Crippen molar-refractivity contribution < 1.29 is 18.3 Å². The molecule has 1 aromatic carbocycles. The standard InChI is InChI=1S/C26H34F2N4O2/c1-16-4-5-17(2)22(8-16)24-11-23(26(3,27)28)25(31-30-24)29-20-9-18-12-32(13-19(18)10-20)14-21-15-33-6-7-34-21/h4-5,8,11,18-21H,6-7,9-10,12-15H2,1-3H3,(H,29,31)/t18-,19+,20?,21-/m0/s1. The van der Waals surface area contributed by atoms with Crippen LogP contribution in [0, 0.1) is 25.7 Å². The highest BCUT2D eigenvalue weighted by molar-refractivity contribution is 5.66. The van der Waals surface area contributed by atoms with E-state index in [1.807, 2.05) is 32.0 Å². The number of benzene rings is 1. The highest BCUT2D eigenvalue weighted by Crippen LogP contribution is 2.41. The normalized spacial score (nSPS) is 27.7. The Morgan fingerprint density at radius 1 is 1.09 bits per heavy atom. The Bertz CT molecular complexity index is 1010. The maximum Gasteiger partial charge on any atom is 0.274 e. The van der Waals surface area contributed by atoms with Gasteiger partial charge in [0.15, 0.2) is 5.82 Å². The molecule has 8 heteroatoms. The van der Waals surface area contributed by atoms with E-state index in [0.29, 0.717) is 37.4 Å². The minimum atomic E-state index is -3.02. The van der Waals surface area contributed by atoms with Crippen molar-refractivity contribution in [2.45, 2.75) is 51.7 Å². The summed E-state index contributed by atoms with van der Waals surface area (Å²) >= 11 is 0. The van der Waals surface area contributed by atoms with E-state index in [9.17, 15) is 8.78 Å². The van der Waals surface area contributed by atoms with E-state index < -0.39 is 5.92 Å². The van der Waals surface area contributed by atoms with Gasteiger partial charge in [-0.15, -0.1) is 10.2 Å². The van der Waals surface area contributed by atoms with Gasteiger partial charge in [-0.3, -0.25) is 0 Å². The molecule has 3 heterocycles. The van der Waals surface area contributed by atoms with Crippen molar-refractivity contribution in [1.29, 1.82) is 0 Å². The van der Waals surface area contributed by atoms with Crippen molar-refractivity contribution in [3.8, 4) is 11.3 Å². The molecular formula is C26H34F2N4O2. The highest BCUT2D eigenvalue weighted by Gasteiger charge is 2.42. The lowest BCUT2D eigenvalue weighted by Crippen LogP contribution is -2.39. The third-order valence-corrected chi connectivity index (χ3v) is 7.45. The number of hydrogen-bond donors (Lipinski definition) is 1. The first kappa shape index (κ1) is 23.6. The Labute approximate surface area is 200 Å². The van der Waals surface area contributed by atoms with Gasteiger partial charge in [0, 0.05) is 38.2 Å². The van der Waals surface area contributed by atoms with E-state index >= 15 is 0 Å². The van der Waals surface area contributed by atoms with Crippen molar-refractivity contribution in [2.75, 3.05) is 44.8 Å². The zero-order chi connectivity index (χ0) is 23.9. The number of hydrogen-bond acceptors (Lipinski definition) is 6. The lowest BCUT2D eigenvalue weighted by molar-refractivity contribution is -0.0964. The first-order valence-corrected chi connectivity index (χ1v) is 12.3. The van der Waals surface area contributed by atoms with E-state index in [1.54, 1.807) is 0 Å². The molecule has 1 aliphatic carbocycles. The minimum absolute atomic E-state index is 0.0912. The van der Waals surface area contributed by atoms with Crippen LogP contribution in [0.2, 0.25) is 0 Å².